The Morgan fingerprint density at radius 1 is 1.09 bits per heavy atom. The highest BCUT2D eigenvalue weighted by Crippen LogP contribution is 2.14. The van der Waals surface area contributed by atoms with Crippen molar-refractivity contribution in [1.29, 1.82) is 0 Å². The van der Waals surface area contributed by atoms with Crippen LogP contribution < -0.4 is 4.74 Å². The molecule has 0 atom stereocenters. The van der Waals surface area contributed by atoms with E-state index in [0.29, 0.717) is 13.2 Å². The van der Waals surface area contributed by atoms with Crippen LogP contribution in [0.5, 0.6) is 5.75 Å². The second-order valence-electron chi connectivity index (χ2n) is 5.14. The number of hydrogen-bond donors (Lipinski definition) is 0. The van der Waals surface area contributed by atoms with Crippen LogP contribution in [0.15, 0.2) is 67.3 Å². The molecule has 0 radical (unpaired) electrons. The number of ether oxygens (including phenoxy) is 2. The Morgan fingerprint density at radius 2 is 1.78 bits per heavy atom. The van der Waals surface area contributed by atoms with Gasteiger partial charge >= 0.3 is 6.09 Å². The fraction of sp³-hybridized carbons (Fsp3) is 0.211. The molecule has 0 spiro atoms. The molecule has 0 N–H and O–H groups in total. The van der Waals surface area contributed by atoms with Gasteiger partial charge in [-0.3, -0.25) is 0 Å². The van der Waals surface area contributed by atoms with Crippen LogP contribution >= 0.6 is 0 Å². The van der Waals surface area contributed by atoms with Gasteiger partial charge in [-0.15, -0.1) is 0 Å². The topological polar surface area (TPSA) is 38.8 Å². The first-order valence-electron chi connectivity index (χ1n) is 7.43. The number of carbonyl (C=O) groups excluding carboxylic acids is 1. The second kappa shape index (κ2) is 8.63. The van der Waals surface area contributed by atoms with Crippen molar-refractivity contribution in [3.8, 4) is 5.75 Å². The molecule has 4 heteroatoms. The van der Waals surface area contributed by atoms with Crippen molar-refractivity contribution in [2.75, 3.05) is 13.7 Å². The summed E-state index contributed by atoms with van der Waals surface area (Å²) in [7, 11) is 1.72. The number of amides is 1. The van der Waals surface area contributed by atoms with E-state index in [2.05, 4.69) is 6.58 Å². The van der Waals surface area contributed by atoms with Gasteiger partial charge in [-0.25, -0.2) is 4.79 Å². The average Bonchev–Trinajstić information content (AvgIpc) is 2.60. The van der Waals surface area contributed by atoms with Crippen LogP contribution in [0, 0.1) is 0 Å². The predicted molar refractivity (Wildman–Crippen MR) is 90.2 cm³/mol. The van der Waals surface area contributed by atoms with Crippen molar-refractivity contribution in [1.82, 2.24) is 4.90 Å². The summed E-state index contributed by atoms with van der Waals surface area (Å²) in [6.45, 7) is 4.84. The average molecular weight is 311 g/mol. The molecular formula is C19H21NO3. The van der Waals surface area contributed by atoms with Gasteiger partial charge < -0.3 is 14.4 Å². The highest BCUT2D eigenvalue weighted by atomic mass is 16.6. The van der Waals surface area contributed by atoms with Gasteiger partial charge in [-0.05, 0) is 23.3 Å². The van der Waals surface area contributed by atoms with E-state index in [1.54, 1.807) is 18.0 Å². The van der Waals surface area contributed by atoms with Gasteiger partial charge in [0.25, 0.3) is 0 Å². The van der Waals surface area contributed by atoms with Crippen molar-refractivity contribution in [3.63, 3.8) is 0 Å². The molecule has 0 saturated heterocycles. The number of benzene rings is 2. The molecule has 4 nitrogen and oxygen atoms in total. The lowest BCUT2D eigenvalue weighted by Gasteiger charge is -2.17. The third-order valence-corrected chi connectivity index (χ3v) is 3.23. The van der Waals surface area contributed by atoms with E-state index in [4.69, 9.17) is 9.47 Å². The summed E-state index contributed by atoms with van der Waals surface area (Å²) in [5.74, 6) is 0.781. The number of hydrogen-bond acceptors (Lipinski definition) is 3. The first-order valence-corrected chi connectivity index (χ1v) is 7.43. The first kappa shape index (κ1) is 16.6. The quantitative estimate of drug-likeness (QED) is 0.725. The van der Waals surface area contributed by atoms with Crippen LogP contribution in [0.3, 0.4) is 0 Å². The highest BCUT2D eigenvalue weighted by Gasteiger charge is 2.10. The third-order valence-electron chi connectivity index (χ3n) is 3.23. The van der Waals surface area contributed by atoms with E-state index >= 15 is 0 Å². The lowest BCUT2D eigenvalue weighted by molar-refractivity contribution is 0.103. The van der Waals surface area contributed by atoms with Crippen LogP contribution in [0.4, 0.5) is 4.79 Å². The second-order valence-corrected chi connectivity index (χ2v) is 5.14. The minimum atomic E-state index is -0.346. The first-order chi connectivity index (χ1) is 11.2. The Bertz CT molecular complexity index is 623. The smallest absolute Gasteiger partial charge is 0.410 e. The van der Waals surface area contributed by atoms with E-state index in [1.807, 2.05) is 54.6 Å². The molecule has 0 aliphatic carbocycles. The normalized spacial score (nSPS) is 9.96. The number of nitrogens with zero attached hydrogens (tertiary/aromatic N) is 1. The molecule has 0 unspecified atom stereocenters. The molecule has 2 aromatic rings. The van der Waals surface area contributed by atoms with Gasteiger partial charge in [-0.2, -0.15) is 0 Å². The van der Waals surface area contributed by atoms with Crippen LogP contribution in [0.1, 0.15) is 11.1 Å². The Kier molecular flexibility index (Phi) is 6.24. The summed E-state index contributed by atoms with van der Waals surface area (Å²) >= 11 is 0. The van der Waals surface area contributed by atoms with Crippen LogP contribution in [0.2, 0.25) is 0 Å². The largest absolute Gasteiger partial charge is 0.490 e. The Labute approximate surface area is 137 Å². The maximum Gasteiger partial charge on any atom is 0.410 e. The van der Waals surface area contributed by atoms with Crippen molar-refractivity contribution in [2.45, 2.75) is 13.2 Å². The standard InChI is InChI=1S/C19H21NO3/c1-3-13-22-18-11-9-16(10-12-18)14-20(2)19(21)23-15-17-7-5-4-6-8-17/h3-12H,1,13-15H2,2H3. The Hall–Kier alpha value is -2.75. The zero-order valence-electron chi connectivity index (χ0n) is 13.3. The van der Waals surface area contributed by atoms with Gasteiger partial charge in [0.2, 0.25) is 0 Å². The number of rotatable bonds is 7. The molecule has 0 heterocycles. The van der Waals surface area contributed by atoms with Crippen molar-refractivity contribution >= 4 is 6.09 Å². The Balaban J connectivity index is 1.82. The highest BCUT2D eigenvalue weighted by molar-refractivity contribution is 5.67. The molecule has 2 rings (SSSR count). The fourth-order valence-corrected chi connectivity index (χ4v) is 2.01. The van der Waals surface area contributed by atoms with Crippen molar-refractivity contribution in [3.05, 3.63) is 78.4 Å². The van der Waals surface area contributed by atoms with Crippen LogP contribution in [-0.2, 0) is 17.9 Å². The zero-order chi connectivity index (χ0) is 16.5. The fourth-order valence-electron chi connectivity index (χ4n) is 2.01. The van der Waals surface area contributed by atoms with Crippen LogP contribution in [0.25, 0.3) is 0 Å². The third kappa shape index (κ3) is 5.51. The van der Waals surface area contributed by atoms with Crippen LogP contribution in [-0.4, -0.2) is 24.6 Å². The molecule has 2 aromatic carbocycles. The van der Waals surface area contributed by atoms with Gasteiger partial charge in [0.05, 0.1) is 0 Å². The molecule has 0 fully saturated rings. The minimum Gasteiger partial charge on any atom is -0.490 e. The SMILES string of the molecule is C=CCOc1ccc(CN(C)C(=O)OCc2ccccc2)cc1. The predicted octanol–water partition coefficient (Wildman–Crippen LogP) is 4.02. The molecule has 0 aliphatic heterocycles. The van der Waals surface area contributed by atoms with E-state index in [1.165, 1.54) is 0 Å². The molecule has 0 saturated carbocycles. The molecular weight excluding hydrogens is 290 g/mol. The van der Waals surface area contributed by atoms with E-state index in [9.17, 15) is 4.79 Å². The van der Waals surface area contributed by atoms with Crippen molar-refractivity contribution < 1.29 is 14.3 Å². The monoisotopic (exact) mass is 311 g/mol. The summed E-state index contributed by atoms with van der Waals surface area (Å²) in [6.07, 6.45) is 1.35. The van der Waals surface area contributed by atoms with Gasteiger partial charge in [-0.1, -0.05) is 55.1 Å². The zero-order valence-corrected chi connectivity index (χ0v) is 13.3. The van der Waals surface area contributed by atoms with E-state index in [-0.39, 0.29) is 12.7 Å². The molecule has 1 amide bonds. The lowest BCUT2D eigenvalue weighted by atomic mass is 10.2. The molecule has 0 bridgehead atoms. The molecule has 0 aliphatic rings. The summed E-state index contributed by atoms with van der Waals surface area (Å²) < 4.78 is 10.7. The van der Waals surface area contributed by atoms with Crippen molar-refractivity contribution in [2.24, 2.45) is 0 Å². The summed E-state index contributed by atoms with van der Waals surface area (Å²) in [5, 5.41) is 0. The van der Waals surface area contributed by atoms with E-state index in [0.717, 1.165) is 16.9 Å². The Morgan fingerprint density at radius 3 is 2.43 bits per heavy atom. The van der Waals surface area contributed by atoms with E-state index < -0.39 is 0 Å². The van der Waals surface area contributed by atoms with Gasteiger partial charge in [0.15, 0.2) is 0 Å². The maximum atomic E-state index is 12.0. The van der Waals surface area contributed by atoms with Gasteiger partial charge in [0, 0.05) is 13.6 Å². The molecule has 120 valence electrons. The summed E-state index contributed by atoms with van der Waals surface area (Å²) in [6, 6.07) is 17.2. The summed E-state index contributed by atoms with van der Waals surface area (Å²) in [5.41, 5.74) is 1.98. The summed E-state index contributed by atoms with van der Waals surface area (Å²) in [4.78, 5) is 13.5. The minimum absolute atomic E-state index is 0.276. The molecule has 0 aromatic heterocycles. The van der Waals surface area contributed by atoms with Gasteiger partial charge in [0.1, 0.15) is 19.0 Å². The molecule has 23 heavy (non-hydrogen) atoms. The number of carbonyl (C=O) groups is 1. The lowest BCUT2D eigenvalue weighted by Crippen LogP contribution is -2.26. The maximum absolute atomic E-state index is 12.0.